The Morgan fingerprint density at radius 2 is 1.86 bits per heavy atom. The van der Waals surface area contributed by atoms with Crippen molar-refractivity contribution < 1.29 is 14.6 Å². The third-order valence-corrected chi connectivity index (χ3v) is 3.99. The Morgan fingerprint density at radius 1 is 1.09 bits per heavy atom. The number of rotatable bonds is 3. The summed E-state index contributed by atoms with van der Waals surface area (Å²) in [7, 11) is 3.08. The van der Waals surface area contributed by atoms with E-state index in [9.17, 15) is 5.11 Å². The van der Waals surface area contributed by atoms with E-state index in [4.69, 9.17) is 26.8 Å². The monoisotopic (exact) mass is 318 g/mol. The van der Waals surface area contributed by atoms with Gasteiger partial charge in [-0.05, 0) is 30.3 Å². The maximum absolute atomic E-state index is 11.2. The van der Waals surface area contributed by atoms with Gasteiger partial charge in [-0.1, -0.05) is 11.6 Å². The summed E-state index contributed by atoms with van der Waals surface area (Å²) in [5, 5.41) is 11.7. The predicted octanol–water partition coefficient (Wildman–Crippen LogP) is 2.60. The van der Waals surface area contributed by atoms with Gasteiger partial charge in [-0.2, -0.15) is 0 Å². The Labute approximate surface area is 133 Å². The molecule has 0 saturated heterocycles. The molecule has 0 aliphatic carbocycles. The van der Waals surface area contributed by atoms with Gasteiger partial charge < -0.3 is 20.3 Å². The van der Waals surface area contributed by atoms with E-state index in [0.29, 0.717) is 33.3 Å². The number of methoxy groups -OCH3 is 2. The zero-order valence-corrected chi connectivity index (χ0v) is 12.9. The molecule has 1 atom stereocenters. The molecule has 1 unspecified atom stereocenters. The smallest absolute Gasteiger partial charge is 0.178 e. The van der Waals surface area contributed by atoms with Crippen molar-refractivity contribution in [2.24, 2.45) is 10.7 Å². The standard InChI is InChI=1S/C16H15ClN2O3/c1-21-10-4-5-11(14(8-10)22-2)16(20)12-7-9(17)3-6-13(12)19-15(16)18/h3-8,20H,1-2H3,(H2,18,19). The number of benzene rings is 2. The van der Waals surface area contributed by atoms with Gasteiger partial charge in [0.1, 0.15) is 17.3 Å². The number of hydrogen-bond donors (Lipinski definition) is 2. The predicted molar refractivity (Wildman–Crippen MR) is 85.3 cm³/mol. The van der Waals surface area contributed by atoms with E-state index < -0.39 is 5.60 Å². The average molecular weight is 319 g/mol. The molecule has 1 aliphatic heterocycles. The van der Waals surface area contributed by atoms with Crippen LogP contribution in [0.1, 0.15) is 11.1 Å². The second kappa shape index (κ2) is 5.19. The van der Waals surface area contributed by atoms with Crippen LogP contribution in [0.4, 0.5) is 5.69 Å². The van der Waals surface area contributed by atoms with Crippen molar-refractivity contribution in [2.45, 2.75) is 5.60 Å². The maximum Gasteiger partial charge on any atom is 0.178 e. The van der Waals surface area contributed by atoms with Crippen LogP contribution >= 0.6 is 11.6 Å². The first kappa shape index (κ1) is 14.7. The van der Waals surface area contributed by atoms with Crippen molar-refractivity contribution in [3.63, 3.8) is 0 Å². The van der Waals surface area contributed by atoms with E-state index in [0.717, 1.165) is 0 Å². The molecular formula is C16H15ClN2O3. The first-order valence-electron chi connectivity index (χ1n) is 6.60. The van der Waals surface area contributed by atoms with Gasteiger partial charge in [-0.25, -0.2) is 4.99 Å². The summed E-state index contributed by atoms with van der Waals surface area (Å²) in [5.74, 6) is 1.14. The highest BCUT2D eigenvalue weighted by atomic mass is 35.5. The number of halogens is 1. The molecule has 0 aromatic heterocycles. The van der Waals surface area contributed by atoms with Crippen molar-refractivity contribution in [1.82, 2.24) is 0 Å². The van der Waals surface area contributed by atoms with Crippen molar-refractivity contribution in [3.05, 3.63) is 52.5 Å². The van der Waals surface area contributed by atoms with Crippen LogP contribution in [0.2, 0.25) is 5.02 Å². The van der Waals surface area contributed by atoms with Crippen LogP contribution in [0.5, 0.6) is 11.5 Å². The van der Waals surface area contributed by atoms with Gasteiger partial charge in [0.25, 0.3) is 0 Å². The molecule has 5 nitrogen and oxygen atoms in total. The van der Waals surface area contributed by atoms with Crippen LogP contribution < -0.4 is 15.2 Å². The Kier molecular flexibility index (Phi) is 3.47. The van der Waals surface area contributed by atoms with Crippen LogP contribution in [-0.4, -0.2) is 25.2 Å². The Bertz CT molecular complexity index is 776. The van der Waals surface area contributed by atoms with Gasteiger partial charge in [0.05, 0.1) is 19.9 Å². The molecule has 0 spiro atoms. The molecule has 0 radical (unpaired) electrons. The molecule has 2 aromatic carbocycles. The van der Waals surface area contributed by atoms with E-state index in [1.807, 2.05) is 0 Å². The van der Waals surface area contributed by atoms with Gasteiger partial charge in [0, 0.05) is 22.2 Å². The summed E-state index contributed by atoms with van der Waals surface area (Å²) in [5.41, 5.74) is 6.02. The second-order valence-corrected chi connectivity index (χ2v) is 5.37. The first-order chi connectivity index (χ1) is 10.5. The highest BCUT2D eigenvalue weighted by molar-refractivity contribution is 6.30. The summed E-state index contributed by atoms with van der Waals surface area (Å²) in [4.78, 5) is 4.24. The van der Waals surface area contributed by atoms with Crippen LogP contribution in [-0.2, 0) is 5.60 Å². The highest BCUT2D eigenvalue weighted by Crippen LogP contribution is 2.46. The van der Waals surface area contributed by atoms with E-state index in [2.05, 4.69) is 4.99 Å². The van der Waals surface area contributed by atoms with Crippen LogP contribution in [0.25, 0.3) is 0 Å². The molecule has 3 rings (SSSR count). The fraction of sp³-hybridized carbons (Fsp3) is 0.188. The fourth-order valence-corrected chi connectivity index (χ4v) is 2.80. The van der Waals surface area contributed by atoms with Crippen LogP contribution in [0, 0.1) is 0 Å². The number of aliphatic hydroxyl groups is 1. The number of hydrogen-bond acceptors (Lipinski definition) is 5. The summed E-state index contributed by atoms with van der Waals surface area (Å²) in [6, 6.07) is 10.2. The topological polar surface area (TPSA) is 77.1 Å². The van der Waals surface area contributed by atoms with Gasteiger partial charge >= 0.3 is 0 Å². The minimum absolute atomic E-state index is 0.0771. The molecule has 22 heavy (non-hydrogen) atoms. The lowest BCUT2D eigenvalue weighted by atomic mass is 9.85. The van der Waals surface area contributed by atoms with Gasteiger partial charge in [0.15, 0.2) is 5.60 Å². The minimum Gasteiger partial charge on any atom is -0.497 e. The van der Waals surface area contributed by atoms with Crippen molar-refractivity contribution in [3.8, 4) is 11.5 Å². The number of aliphatic imine (C=N–C) groups is 1. The normalized spacial score (nSPS) is 19.5. The van der Waals surface area contributed by atoms with E-state index in [1.165, 1.54) is 7.11 Å². The lowest BCUT2D eigenvalue weighted by molar-refractivity contribution is 0.154. The molecule has 3 N–H and O–H groups in total. The van der Waals surface area contributed by atoms with Gasteiger partial charge in [0.2, 0.25) is 0 Å². The number of amidine groups is 1. The third-order valence-electron chi connectivity index (χ3n) is 3.76. The van der Waals surface area contributed by atoms with Crippen molar-refractivity contribution in [1.29, 1.82) is 0 Å². The second-order valence-electron chi connectivity index (χ2n) is 4.94. The Balaban J connectivity index is 2.24. The van der Waals surface area contributed by atoms with Crippen LogP contribution in [0.15, 0.2) is 41.4 Å². The van der Waals surface area contributed by atoms with E-state index in [1.54, 1.807) is 43.5 Å². The third kappa shape index (κ3) is 2.01. The summed E-state index contributed by atoms with van der Waals surface area (Å²) in [6.07, 6.45) is 0. The van der Waals surface area contributed by atoms with Crippen molar-refractivity contribution in [2.75, 3.05) is 14.2 Å². The van der Waals surface area contributed by atoms with Crippen LogP contribution in [0.3, 0.4) is 0 Å². The molecule has 1 heterocycles. The maximum atomic E-state index is 11.2. The molecule has 6 heteroatoms. The largest absolute Gasteiger partial charge is 0.497 e. The highest BCUT2D eigenvalue weighted by Gasteiger charge is 2.44. The Hall–Kier alpha value is -2.24. The number of ether oxygens (including phenoxy) is 2. The molecule has 0 saturated carbocycles. The summed E-state index contributed by atoms with van der Waals surface area (Å²) in [6.45, 7) is 0. The lowest BCUT2D eigenvalue weighted by Crippen LogP contribution is -2.39. The average Bonchev–Trinajstić information content (AvgIpc) is 2.79. The molecular weight excluding hydrogens is 304 g/mol. The SMILES string of the molecule is COc1ccc(C2(O)C(N)=Nc3ccc(Cl)cc32)c(OC)c1. The number of nitrogens with two attached hydrogens (primary N) is 1. The fourth-order valence-electron chi connectivity index (χ4n) is 2.62. The zero-order valence-electron chi connectivity index (χ0n) is 12.1. The number of nitrogens with zero attached hydrogens (tertiary/aromatic N) is 1. The lowest BCUT2D eigenvalue weighted by Gasteiger charge is -2.26. The molecule has 1 aliphatic rings. The molecule has 2 aromatic rings. The molecule has 0 bridgehead atoms. The molecule has 0 fully saturated rings. The van der Waals surface area contributed by atoms with Gasteiger partial charge in [-0.15, -0.1) is 0 Å². The van der Waals surface area contributed by atoms with Crippen molar-refractivity contribution >= 4 is 23.1 Å². The van der Waals surface area contributed by atoms with E-state index in [-0.39, 0.29) is 5.84 Å². The zero-order chi connectivity index (χ0) is 15.9. The van der Waals surface area contributed by atoms with E-state index >= 15 is 0 Å². The van der Waals surface area contributed by atoms with Gasteiger partial charge in [-0.3, -0.25) is 0 Å². The quantitative estimate of drug-likeness (QED) is 0.912. The summed E-state index contributed by atoms with van der Waals surface area (Å²) >= 11 is 6.05. The summed E-state index contributed by atoms with van der Waals surface area (Å²) < 4.78 is 10.6. The molecule has 0 amide bonds. The molecule has 114 valence electrons. The first-order valence-corrected chi connectivity index (χ1v) is 6.98. The minimum atomic E-state index is -1.59. The Morgan fingerprint density at radius 3 is 2.55 bits per heavy atom. The number of fused-ring (bicyclic) bond motifs is 1.